The van der Waals surface area contributed by atoms with Crippen molar-refractivity contribution >= 4 is 8.80 Å². The topological polar surface area (TPSA) is 27.7 Å². The van der Waals surface area contributed by atoms with Crippen molar-refractivity contribution in [3.63, 3.8) is 0 Å². The van der Waals surface area contributed by atoms with E-state index in [0.717, 1.165) is 0 Å². The minimum atomic E-state index is -2.94. The summed E-state index contributed by atoms with van der Waals surface area (Å²) in [5.74, 6) is -2.75. The summed E-state index contributed by atoms with van der Waals surface area (Å²) in [7, 11) is -1.49. The predicted octanol–water partition coefficient (Wildman–Crippen LogP) is 3.30. The van der Waals surface area contributed by atoms with Crippen LogP contribution in [0.3, 0.4) is 0 Å². The highest BCUT2D eigenvalue weighted by Gasteiger charge is 2.39. The van der Waals surface area contributed by atoms with E-state index in [1.165, 1.54) is 7.11 Å². The van der Waals surface area contributed by atoms with Gasteiger partial charge in [-0.25, -0.2) is 13.2 Å². The molecule has 0 spiro atoms. The normalized spacial score (nSPS) is 11.9. The summed E-state index contributed by atoms with van der Waals surface area (Å²) in [6, 6.07) is 1.55. The molecule has 0 bridgehead atoms. The summed E-state index contributed by atoms with van der Waals surface area (Å²) in [5, 5.41) is 0. The molecule has 114 valence electrons. The molecule has 1 aromatic rings. The van der Waals surface area contributed by atoms with Crippen LogP contribution in [0.1, 0.15) is 19.4 Å². The van der Waals surface area contributed by atoms with E-state index in [2.05, 4.69) is 0 Å². The monoisotopic (exact) mass is 308 g/mol. The molecule has 0 fully saturated rings. The fraction of sp³-hybridized carbons (Fsp3) is 0.538. The van der Waals surface area contributed by atoms with Gasteiger partial charge < -0.3 is 13.3 Å². The first-order chi connectivity index (χ1) is 9.48. The van der Waals surface area contributed by atoms with Crippen molar-refractivity contribution in [2.24, 2.45) is 0 Å². The van der Waals surface area contributed by atoms with Crippen LogP contribution in [0.2, 0.25) is 6.04 Å². The smallest absolute Gasteiger partial charge is 0.377 e. The molecule has 0 atom stereocenters. The summed E-state index contributed by atoms with van der Waals surface area (Å²) in [6.07, 6.45) is 0.0258. The van der Waals surface area contributed by atoms with Gasteiger partial charge in [0.15, 0.2) is 0 Å². The lowest BCUT2D eigenvalue weighted by Crippen LogP contribution is -2.45. The van der Waals surface area contributed by atoms with Gasteiger partial charge in [-0.05, 0) is 20.3 Å². The Hall–Kier alpha value is -0.893. The fourth-order valence-electron chi connectivity index (χ4n) is 1.93. The molecule has 0 aromatic heterocycles. The SMILES string of the molecule is CCO[Si](CCc1c(F)cc(F)cc1F)(OC)OCC. The Morgan fingerprint density at radius 2 is 1.50 bits per heavy atom. The number of benzene rings is 1. The molecule has 0 unspecified atom stereocenters. The van der Waals surface area contributed by atoms with Gasteiger partial charge in [-0.15, -0.1) is 0 Å². The van der Waals surface area contributed by atoms with Gasteiger partial charge in [0.2, 0.25) is 0 Å². The molecule has 20 heavy (non-hydrogen) atoms. The van der Waals surface area contributed by atoms with Crippen LogP contribution in [0.4, 0.5) is 13.2 Å². The Balaban J connectivity index is 2.87. The van der Waals surface area contributed by atoms with E-state index in [1.54, 1.807) is 13.8 Å². The van der Waals surface area contributed by atoms with Crippen LogP contribution >= 0.6 is 0 Å². The quantitative estimate of drug-likeness (QED) is 0.690. The van der Waals surface area contributed by atoms with Gasteiger partial charge in [-0.3, -0.25) is 0 Å². The maximum Gasteiger partial charge on any atom is 0.501 e. The Bertz CT molecular complexity index is 414. The molecule has 0 aliphatic carbocycles. The molecule has 0 amide bonds. The second-order valence-corrected chi connectivity index (χ2v) is 6.95. The number of hydrogen-bond donors (Lipinski definition) is 0. The zero-order chi connectivity index (χ0) is 15.2. The predicted molar refractivity (Wildman–Crippen MR) is 70.8 cm³/mol. The lowest BCUT2D eigenvalue weighted by Gasteiger charge is -2.27. The molecule has 0 saturated carbocycles. The van der Waals surface area contributed by atoms with E-state index >= 15 is 0 Å². The van der Waals surface area contributed by atoms with Gasteiger partial charge in [0.05, 0.1) is 0 Å². The minimum Gasteiger partial charge on any atom is -0.377 e. The molecule has 0 heterocycles. The Kier molecular flexibility index (Phi) is 6.67. The van der Waals surface area contributed by atoms with Gasteiger partial charge in [0, 0.05) is 44.1 Å². The van der Waals surface area contributed by atoms with Gasteiger partial charge in [-0.1, -0.05) is 0 Å². The van der Waals surface area contributed by atoms with Crippen LogP contribution in [0, 0.1) is 17.5 Å². The van der Waals surface area contributed by atoms with Gasteiger partial charge in [-0.2, -0.15) is 0 Å². The zero-order valence-corrected chi connectivity index (χ0v) is 12.8. The molecule has 0 N–H and O–H groups in total. The van der Waals surface area contributed by atoms with E-state index in [1.807, 2.05) is 0 Å². The van der Waals surface area contributed by atoms with Crippen LogP contribution < -0.4 is 0 Å². The van der Waals surface area contributed by atoms with Crippen LogP contribution in [0.15, 0.2) is 12.1 Å². The third kappa shape index (κ3) is 4.31. The summed E-state index contributed by atoms with van der Waals surface area (Å²) in [5.41, 5.74) is -0.181. The standard InChI is InChI=1S/C13H19F3O3Si/c1-4-18-20(17-3,19-5-2)7-6-11-12(15)8-10(14)9-13(11)16/h8-9H,4-7H2,1-3H3. The van der Waals surface area contributed by atoms with Crippen molar-refractivity contribution in [3.8, 4) is 0 Å². The second-order valence-electron chi connectivity index (χ2n) is 4.10. The average Bonchev–Trinajstić information content (AvgIpc) is 2.37. The molecule has 1 rings (SSSR count). The molecular formula is C13H19F3O3Si. The third-order valence-corrected chi connectivity index (χ3v) is 5.77. The highest BCUT2D eigenvalue weighted by Crippen LogP contribution is 2.22. The molecule has 0 radical (unpaired) electrons. The number of hydrogen-bond acceptors (Lipinski definition) is 3. The molecular weight excluding hydrogens is 289 g/mol. The fourth-order valence-corrected chi connectivity index (χ4v) is 4.18. The largest absolute Gasteiger partial charge is 0.501 e. The van der Waals surface area contributed by atoms with Crippen LogP contribution in [0.5, 0.6) is 0 Å². The maximum atomic E-state index is 13.6. The summed E-state index contributed by atoms with van der Waals surface area (Å²) in [6.45, 7) is 4.35. The molecule has 0 aliphatic rings. The lowest BCUT2D eigenvalue weighted by atomic mass is 10.1. The van der Waals surface area contributed by atoms with Crippen molar-refractivity contribution < 1.29 is 26.4 Å². The molecule has 1 aromatic carbocycles. The van der Waals surface area contributed by atoms with E-state index < -0.39 is 26.3 Å². The zero-order valence-electron chi connectivity index (χ0n) is 11.8. The van der Waals surface area contributed by atoms with Gasteiger partial charge >= 0.3 is 8.80 Å². The Morgan fingerprint density at radius 3 is 1.90 bits per heavy atom. The summed E-state index contributed by atoms with van der Waals surface area (Å²) < 4.78 is 56.4. The van der Waals surface area contributed by atoms with Crippen LogP contribution in [-0.4, -0.2) is 29.1 Å². The molecule has 0 saturated heterocycles. The van der Waals surface area contributed by atoms with Crippen LogP contribution in [0.25, 0.3) is 0 Å². The van der Waals surface area contributed by atoms with E-state index in [9.17, 15) is 13.2 Å². The molecule has 3 nitrogen and oxygen atoms in total. The average molecular weight is 308 g/mol. The van der Waals surface area contributed by atoms with Gasteiger partial charge in [0.1, 0.15) is 17.5 Å². The highest BCUT2D eigenvalue weighted by molar-refractivity contribution is 6.60. The van der Waals surface area contributed by atoms with Crippen LogP contribution in [-0.2, 0) is 19.7 Å². The van der Waals surface area contributed by atoms with Crippen molar-refractivity contribution in [1.82, 2.24) is 0 Å². The van der Waals surface area contributed by atoms with E-state index in [4.69, 9.17) is 13.3 Å². The van der Waals surface area contributed by atoms with E-state index in [-0.39, 0.29) is 18.0 Å². The van der Waals surface area contributed by atoms with Crippen molar-refractivity contribution in [3.05, 3.63) is 35.1 Å². The second kappa shape index (κ2) is 7.77. The van der Waals surface area contributed by atoms with Crippen molar-refractivity contribution in [1.29, 1.82) is 0 Å². The molecule has 7 heteroatoms. The van der Waals surface area contributed by atoms with Crippen molar-refractivity contribution in [2.45, 2.75) is 26.3 Å². The summed E-state index contributed by atoms with van der Waals surface area (Å²) >= 11 is 0. The number of halogens is 3. The maximum absolute atomic E-state index is 13.6. The Labute approximate surface area is 118 Å². The lowest BCUT2D eigenvalue weighted by molar-refractivity contribution is 0.0866. The molecule has 0 aliphatic heterocycles. The van der Waals surface area contributed by atoms with Gasteiger partial charge in [0.25, 0.3) is 0 Å². The third-order valence-electron chi connectivity index (χ3n) is 2.83. The summed E-state index contributed by atoms with van der Waals surface area (Å²) in [4.78, 5) is 0. The first-order valence-electron chi connectivity index (χ1n) is 6.44. The first kappa shape index (κ1) is 17.2. The first-order valence-corrected chi connectivity index (χ1v) is 8.37. The van der Waals surface area contributed by atoms with E-state index in [0.29, 0.717) is 25.3 Å². The highest BCUT2D eigenvalue weighted by atomic mass is 28.4. The Morgan fingerprint density at radius 1 is 1.00 bits per heavy atom. The number of rotatable bonds is 8. The van der Waals surface area contributed by atoms with Crippen molar-refractivity contribution in [2.75, 3.05) is 20.3 Å². The minimum absolute atomic E-state index is 0.0258.